The molecule has 0 aliphatic carbocycles. The van der Waals surface area contributed by atoms with E-state index in [1.54, 1.807) is 62.4 Å². The molecule has 0 unspecified atom stereocenters. The molecule has 2 amide bonds. The molecule has 4 aromatic carbocycles. The van der Waals surface area contributed by atoms with E-state index in [0.29, 0.717) is 5.39 Å². The number of carbonyl (C=O) groups is 5. The number of carboxylic acids is 1. The number of aryl methyl sites for hydroxylation is 2. The molecular weight excluding hydrogens is 528 g/mol. The minimum Gasteiger partial charge on any atom is -0.478 e. The Kier molecular flexibility index (Phi) is 8.73. The number of rotatable bonds is 8. The van der Waals surface area contributed by atoms with Crippen LogP contribution in [0, 0.1) is 13.8 Å². The van der Waals surface area contributed by atoms with Crippen LogP contribution in [0.15, 0.2) is 91.0 Å². The van der Waals surface area contributed by atoms with E-state index in [4.69, 9.17) is 9.47 Å². The number of hydrazine groups is 1. The first kappa shape index (κ1) is 28.5. The standard InChI is InChI=1S/C31H26N2O8/c1-18-10-14-21(15-11-18)30(38)40-25(26(29(36)37)41-31(39)22-16-12-19(2)13-17-22)28(35)33-32-27(34)24-9-5-7-20-6-3-4-8-23(20)24/h3-17,25-26H,1-2H3,(H,32,34)(H,33,35)(H,36,37)/t25-,26-/m1/s1. The first-order chi connectivity index (χ1) is 19.6. The summed E-state index contributed by atoms with van der Waals surface area (Å²) in [7, 11) is 0. The maximum atomic E-state index is 13.2. The van der Waals surface area contributed by atoms with Gasteiger partial charge in [0, 0.05) is 5.56 Å². The van der Waals surface area contributed by atoms with Crippen molar-refractivity contribution in [3.8, 4) is 0 Å². The van der Waals surface area contributed by atoms with Gasteiger partial charge in [-0.2, -0.15) is 0 Å². The molecule has 0 bridgehead atoms. The van der Waals surface area contributed by atoms with Crippen molar-refractivity contribution in [1.29, 1.82) is 0 Å². The summed E-state index contributed by atoms with van der Waals surface area (Å²) in [6, 6.07) is 24.3. The first-order valence-electron chi connectivity index (χ1n) is 12.5. The lowest BCUT2D eigenvalue weighted by atomic mass is 10.0. The van der Waals surface area contributed by atoms with E-state index in [9.17, 15) is 29.1 Å². The van der Waals surface area contributed by atoms with Crippen LogP contribution in [0.5, 0.6) is 0 Å². The van der Waals surface area contributed by atoms with Crippen LogP contribution in [0.3, 0.4) is 0 Å². The molecule has 0 spiro atoms. The smallest absolute Gasteiger partial charge is 0.349 e. The van der Waals surface area contributed by atoms with E-state index in [1.807, 2.05) is 18.2 Å². The van der Waals surface area contributed by atoms with Gasteiger partial charge in [-0.15, -0.1) is 0 Å². The SMILES string of the molecule is Cc1ccc(C(=O)O[C@@H](C(=O)O)[C@@H](OC(=O)c2ccc(C)cc2)C(=O)NNC(=O)c2cccc3ccccc23)cc1. The molecule has 0 fully saturated rings. The summed E-state index contributed by atoms with van der Waals surface area (Å²) in [5.74, 6) is -5.78. The zero-order chi connectivity index (χ0) is 29.5. The second-order valence-corrected chi connectivity index (χ2v) is 9.19. The Labute approximate surface area is 234 Å². The maximum absolute atomic E-state index is 13.2. The summed E-state index contributed by atoms with van der Waals surface area (Å²) < 4.78 is 10.4. The van der Waals surface area contributed by atoms with E-state index in [0.717, 1.165) is 16.5 Å². The van der Waals surface area contributed by atoms with Crippen molar-refractivity contribution >= 4 is 40.5 Å². The second kappa shape index (κ2) is 12.6. The van der Waals surface area contributed by atoms with Crippen LogP contribution >= 0.6 is 0 Å². The molecule has 0 aliphatic rings. The number of carboxylic acid groups (broad SMARTS) is 1. The zero-order valence-electron chi connectivity index (χ0n) is 22.1. The Balaban J connectivity index is 1.58. The first-order valence-corrected chi connectivity index (χ1v) is 12.5. The third kappa shape index (κ3) is 6.93. The van der Waals surface area contributed by atoms with Crippen LogP contribution in [-0.2, 0) is 19.1 Å². The molecule has 0 aromatic heterocycles. The summed E-state index contributed by atoms with van der Waals surface area (Å²) >= 11 is 0. The van der Waals surface area contributed by atoms with Crippen LogP contribution in [-0.4, -0.2) is 47.0 Å². The third-order valence-electron chi connectivity index (χ3n) is 6.15. The lowest BCUT2D eigenvalue weighted by Gasteiger charge is -2.23. The van der Waals surface area contributed by atoms with Gasteiger partial charge in [-0.25, -0.2) is 14.4 Å². The normalized spacial score (nSPS) is 12.0. The average molecular weight is 555 g/mol. The lowest BCUT2D eigenvalue weighted by molar-refractivity contribution is -0.159. The van der Waals surface area contributed by atoms with Gasteiger partial charge in [0.05, 0.1) is 11.1 Å². The molecule has 0 saturated carbocycles. The van der Waals surface area contributed by atoms with Gasteiger partial charge in [0.1, 0.15) is 0 Å². The quantitative estimate of drug-likeness (QED) is 0.220. The maximum Gasteiger partial charge on any atom is 0.349 e. The van der Waals surface area contributed by atoms with E-state index < -0.39 is 41.9 Å². The highest BCUT2D eigenvalue weighted by Gasteiger charge is 2.41. The number of benzene rings is 4. The molecule has 0 radical (unpaired) electrons. The zero-order valence-corrected chi connectivity index (χ0v) is 22.1. The number of hydrogen-bond donors (Lipinski definition) is 3. The summed E-state index contributed by atoms with van der Waals surface area (Å²) in [4.78, 5) is 63.9. The fourth-order valence-electron chi connectivity index (χ4n) is 3.92. The van der Waals surface area contributed by atoms with Gasteiger partial charge < -0.3 is 14.6 Å². The topological polar surface area (TPSA) is 148 Å². The summed E-state index contributed by atoms with van der Waals surface area (Å²) in [6.07, 6.45) is -4.41. The predicted molar refractivity (Wildman–Crippen MR) is 148 cm³/mol. The number of nitrogens with one attached hydrogen (secondary N) is 2. The Morgan fingerprint density at radius 1 is 0.634 bits per heavy atom. The highest BCUT2D eigenvalue weighted by Crippen LogP contribution is 2.18. The van der Waals surface area contributed by atoms with Gasteiger partial charge in [-0.3, -0.25) is 20.4 Å². The largest absolute Gasteiger partial charge is 0.478 e. The van der Waals surface area contributed by atoms with Gasteiger partial charge in [-0.1, -0.05) is 71.8 Å². The van der Waals surface area contributed by atoms with Crippen molar-refractivity contribution in [3.05, 3.63) is 119 Å². The summed E-state index contributed by atoms with van der Waals surface area (Å²) in [6.45, 7) is 3.60. The van der Waals surface area contributed by atoms with Gasteiger partial charge in [0.15, 0.2) is 0 Å². The fraction of sp³-hybridized carbons (Fsp3) is 0.129. The van der Waals surface area contributed by atoms with Crippen LogP contribution in [0.1, 0.15) is 42.2 Å². The van der Waals surface area contributed by atoms with Crippen molar-refractivity contribution in [3.63, 3.8) is 0 Å². The Hall–Kier alpha value is -5.51. The molecule has 41 heavy (non-hydrogen) atoms. The Bertz CT molecular complexity index is 1610. The van der Waals surface area contributed by atoms with E-state index in [1.165, 1.54) is 24.3 Å². The monoisotopic (exact) mass is 554 g/mol. The highest BCUT2D eigenvalue weighted by molar-refractivity contribution is 6.07. The minimum atomic E-state index is -2.24. The lowest BCUT2D eigenvalue weighted by Crippen LogP contribution is -2.54. The molecule has 10 heteroatoms. The molecule has 10 nitrogen and oxygen atoms in total. The fourth-order valence-corrected chi connectivity index (χ4v) is 3.92. The van der Waals surface area contributed by atoms with Gasteiger partial charge >= 0.3 is 17.9 Å². The molecular formula is C31H26N2O8. The number of aliphatic carboxylic acids is 1. The molecule has 2 atom stereocenters. The molecule has 208 valence electrons. The highest BCUT2D eigenvalue weighted by atomic mass is 16.6. The molecule has 3 N–H and O–H groups in total. The van der Waals surface area contributed by atoms with Crippen molar-refractivity contribution in [2.24, 2.45) is 0 Å². The van der Waals surface area contributed by atoms with Gasteiger partial charge in [0.25, 0.3) is 11.8 Å². The van der Waals surface area contributed by atoms with Crippen molar-refractivity contribution in [2.45, 2.75) is 26.1 Å². The molecule has 4 aromatic rings. The number of carbonyl (C=O) groups excluding carboxylic acids is 4. The minimum absolute atomic E-state index is 0.0233. The van der Waals surface area contributed by atoms with Crippen LogP contribution in [0.25, 0.3) is 10.8 Å². The Morgan fingerprint density at radius 2 is 1.15 bits per heavy atom. The number of fused-ring (bicyclic) bond motifs is 1. The third-order valence-corrected chi connectivity index (χ3v) is 6.15. The molecule has 0 saturated heterocycles. The average Bonchev–Trinajstić information content (AvgIpc) is 2.97. The van der Waals surface area contributed by atoms with Crippen LogP contribution in [0.2, 0.25) is 0 Å². The van der Waals surface area contributed by atoms with Crippen LogP contribution in [0.4, 0.5) is 0 Å². The van der Waals surface area contributed by atoms with Gasteiger partial charge in [-0.05, 0) is 55.0 Å². The molecule has 4 rings (SSSR count). The predicted octanol–water partition coefficient (Wildman–Crippen LogP) is 3.75. The number of ether oxygens (including phenoxy) is 2. The number of esters is 2. The van der Waals surface area contributed by atoms with Crippen LogP contribution < -0.4 is 10.9 Å². The van der Waals surface area contributed by atoms with E-state index in [-0.39, 0.29) is 16.7 Å². The van der Waals surface area contributed by atoms with Crippen molar-refractivity contribution in [2.75, 3.05) is 0 Å². The number of amides is 2. The van der Waals surface area contributed by atoms with E-state index in [2.05, 4.69) is 10.9 Å². The van der Waals surface area contributed by atoms with Crippen molar-refractivity contribution in [1.82, 2.24) is 10.9 Å². The van der Waals surface area contributed by atoms with Crippen molar-refractivity contribution < 1.29 is 38.6 Å². The van der Waals surface area contributed by atoms with E-state index >= 15 is 0 Å². The summed E-state index contributed by atoms with van der Waals surface area (Å²) in [5, 5.41) is 11.3. The molecule has 0 heterocycles. The number of hydrogen-bond acceptors (Lipinski definition) is 7. The summed E-state index contributed by atoms with van der Waals surface area (Å²) in [5.41, 5.74) is 6.30. The second-order valence-electron chi connectivity index (χ2n) is 9.19. The van der Waals surface area contributed by atoms with Gasteiger partial charge in [0.2, 0.25) is 12.2 Å². The molecule has 0 aliphatic heterocycles. The Morgan fingerprint density at radius 3 is 1.71 bits per heavy atom.